The Morgan fingerprint density at radius 3 is 2.90 bits per heavy atom. The van der Waals surface area contributed by atoms with Gasteiger partial charge < -0.3 is 15.4 Å². The van der Waals surface area contributed by atoms with Crippen LogP contribution in [0, 0.1) is 5.41 Å². The maximum atomic E-state index is 12.7. The second-order valence-electron chi connectivity index (χ2n) is 5.44. The minimum Gasteiger partial charge on any atom is -0.492 e. The molecule has 5 heteroatoms. The highest BCUT2D eigenvalue weighted by molar-refractivity contribution is 6.31. The van der Waals surface area contributed by atoms with E-state index in [0.717, 1.165) is 32.4 Å². The average molecular weight is 311 g/mol. The smallest absolute Gasteiger partial charge is 0.231 e. The van der Waals surface area contributed by atoms with E-state index in [-0.39, 0.29) is 11.3 Å². The van der Waals surface area contributed by atoms with Crippen molar-refractivity contribution in [3.05, 3.63) is 23.2 Å². The Labute approximate surface area is 131 Å². The highest BCUT2D eigenvalue weighted by Gasteiger charge is 2.38. The molecule has 0 spiro atoms. The monoisotopic (exact) mass is 310 g/mol. The molecule has 0 aliphatic carbocycles. The van der Waals surface area contributed by atoms with E-state index >= 15 is 0 Å². The largest absolute Gasteiger partial charge is 0.492 e. The molecule has 1 aliphatic heterocycles. The molecule has 0 aromatic heterocycles. The standard InChI is InChI=1S/C16H23ClN2O2/c1-3-16(8-5-9-18-11-16)15(20)19-13-10-12(17)6-7-14(13)21-4-2/h6-7,10,18H,3-5,8-9,11H2,1-2H3,(H,19,20). The summed E-state index contributed by atoms with van der Waals surface area (Å²) in [6.45, 7) is 6.23. The van der Waals surface area contributed by atoms with E-state index in [4.69, 9.17) is 16.3 Å². The van der Waals surface area contributed by atoms with Crippen LogP contribution in [0.3, 0.4) is 0 Å². The van der Waals surface area contributed by atoms with Crippen molar-refractivity contribution < 1.29 is 9.53 Å². The maximum Gasteiger partial charge on any atom is 0.231 e. The van der Waals surface area contributed by atoms with Crippen molar-refractivity contribution in [3.63, 3.8) is 0 Å². The summed E-state index contributed by atoms with van der Waals surface area (Å²) in [7, 11) is 0. The number of anilines is 1. The fourth-order valence-corrected chi connectivity index (χ4v) is 2.93. The molecular weight excluding hydrogens is 288 g/mol. The summed E-state index contributed by atoms with van der Waals surface area (Å²) in [6, 6.07) is 5.29. The van der Waals surface area contributed by atoms with Crippen molar-refractivity contribution in [2.45, 2.75) is 33.1 Å². The molecule has 1 aliphatic rings. The lowest BCUT2D eigenvalue weighted by Crippen LogP contribution is -2.47. The fraction of sp³-hybridized carbons (Fsp3) is 0.562. The van der Waals surface area contributed by atoms with Crippen molar-refractivity contribution in [2.24, 2.45) is 5.41 Å². The Kier molecular flexibility index (Phi) is 5.48. The van der Waals surface area contributed by atoms with Gasteiger partial charge in [-0.1, -0.05) is 18.5 Å². The molecular formula is C16H23ClN2O2. The van der Waals surface area contributed by atoms with Crippen LogP contribution in [0.15, 0.2) is 18.2 Å². The summed E-state index contributed by atoms with van der Waals surface area (Å²) in [6.07, 6.45) is 2.75. The summed E-state index contributed by atoms with van der Waals surface area (Å²) < 4.78 is 5.56. The first kappa shape index (κ1) is 16.1. The van der Waals surface area contributed by atoms with Crippen molar-refractivity contribution >= 4 is 23.2 Å². The van der Waals surface area contributed by atoms with Gasteiger partial charge in [0.05, 0.1) is 17.7 Å². The van der Waals surface area contributed by atoms with Gasteiger partial charge in [-0.3, -0.25) is 4.79 Å². The number of halogens is 1. The molecule has 0 saturated carbocycles. The third-order valence-corrected chi connectivity index (χ3v) is 4.36. The Morgan fingerprint density at radius 1 is 1.48 bits per heavy atom. The lowest BCUT2D eigenvalue weighted by atomic mass is 9.77. The minimum absolute atomic E-state index is 0.0421. The topological polar surface area (TPSA) is 50.4 Å². The zero-order valence-corrected chi connectivity index (χ0v) is 13.4. The summed E-state index contributed by atoms with van der Waals surface area (Å²) in [5.74, 6) is 0.700. The molecule has 1 unspecified atom stereocenters. The van der Waals surface area contributed by atoms with Gasteiger partial charge in [-0.2, -0.15) is 0 Å². The van der Waals surface area contributed by atoms with Crippen molar-refractivity contribution in [1.29, 1.82) is 0 Å². The number of rotatable bonds is 5. The predicted octanol–water partition coefficient (Wildman–Crippen LogP) is 3.46. The molecule has 2 N–H and O–H groups in total. The summed E-state index contributed by atoms with van der Waals surface area (Å²) in [5.41, 5.74) is 0.303. The van der Waals surface area contributed by atoms with Crippen LogP contribution in [0.2, 0.25) is 5.02 Å². The molecule has 1 aromatic rings. The van der Waals surface area contributed by atoms with Crippen molar-refractivity contribution in [2.75, 3.05) is 25.0 Å². The number of piperidine rings is 1. The van der Waals surface area contributed by atoms with Gasteiger partial charge in [-0.25, -0.2) is 0 Å². The number of amides is 1. The van der Waals surface area contributed by atoms with Crippen LogP contribution in [0.25, 0.3) is 0 Å². The van der Waals surface area contributed by atoms with E-state index in [2.05, 4.69) is 17.6 Å². The first-order valence-corrected chi connectivity index (χ1v) is 7.93. The van der Waals surface area contributed by atoms with Crippen LogP contribution in [-0.4, -0.2) is 25.6 Å². The fourth-order valence-electron chi connectivity index (χ4n) is 2.76. The number of carbonyl (C=O) groups is 1. The van der Waals surface area contributed by atoms with Crippen LogP contribution < -0.4 is 15.4 Å². The summed E-state index contributed by atoms with van der Waals surface area (Å²) >= 11 is 6.04. The summed E-state index contributed by atoms with van der Waals surface area (Å²) in [4.78, 5) is 12.7. The molecule has 0 radical (unpaired) electrons. The second kappa shape index (κ2) is 7.14. The van der Waals surface area contributed by atoms with Crippen LogP contribution in [0.1, 0.15) is 33.1 Å². The molecule has 116 valence electrons. The van der Waals surface area contributed by atoms with Crippen LogP contribution in [0.5, 0.6) is 5.75 Å². The van der Waals surface area contributed by atoms with Crippen LogP contribution in [-0.2, 0) is 4.79 Å². The van der Waals surface area contributed by atoms with Gasteiger partial charge in [-0.05, 0) is 50.9 Å². The quantitative estimate of drug-likeness (QED) is 0.875. The molecule has 1 heterocycles. The molecule has 2 rings (SSSR count). The Morgan fingerprint density at radius 2 is 2.29 bits per heavy atom. The molecule has 4 nitrogen and oxygen atoms in total. The number of nitrogens with one attached hydrogen (secondary N) is 2. The number of hydrogen-bond donors (Lipinski definition) is 2. The molecule has 1 atom stereocenters. The Hall–Kier alpha value is -1.26. The van der Waals surface area contributed by atoms with E-state index in [1.165, 1.54) is 0 Å². The lowest BCUT2D eigenvalue weighted by molar-refractivity contribution is -0.126. The van der Waals surface area contributed by atoms with Gasteiger partial charge in [0.2, 0.25) is 5.91 Å². The second-order valence-corrected chi connectivity index (χ2v) is 5.88. The number of carbonyl (C=O) groups excluding carboxylic acids is 1. The van der Waals surface area contributed by atoms with Crippen LogP contribution in [0.4, 0.5) is 5.69 Å². The van der Waals surface area contributed by atoms with Crippen LogP contribution >= 0.6 is 11.6 Å². The van der Waals surface area contributed by atoms with E-state index in [1.807, 2.05) is 6.92 Å². The SMILES string of the molecule is CCOc1ccc(Cl)cc1NC(=O)C1(CC)CCCNC1. The van der Waals surface area contributed by atoms with E-state index in [0.29, 0.717) is 23.1 Å². The molecule has 1 amide bonds. The van der Waals surface area contributed by atoms with Gasteiger partial charge in [0.1, 0.15) is 5.75 Å². The molecule has 1 saturated heterocycles. The maximum absolute atomic E-state index is 12.7. The third-order valence-electron chi connectivity index (χ3n) is 4.12. The Bertz CT molecular complexity index is 499. The molecule has 1 fully saturated rings. The van der Waals surface area contributed by atoms with Gasteiger partial charge >= 0.3 is 0 Å². The minimum atomic E-state index is -0.343. The van der Waals surface area contributed by atoms with Crippen molar-refractivity contribution in [1.82, 2.24) is 5.32 Å². The molecule has 1 aromatic carbocycles. The Balaban J connectivity index is 2.19. The van der Waals surface area contributed by atoms with Gasteiger partial charge in [0, 0.05) is 11.6 Å². The number of hydrogen-bond acceptors (Lipinski definition) is 3. The number of ether oxygens (including phenoxy) is 1. The zero-order valence-electron chi connectivity index (χ0n) is 12.7. The predicted molar refractivity (Wildman–Crippen MR) is 86.1 cm³/mol. The highest BCUT2D eigenvalue weighted by atomic mass is 35.5. The first-order chi connectivity index (χ1) is 10.1. The molecule has 21 heavy (non-hydrogen) atoms. The zero-order chi connectivity index (χ0) is 15.3. The third kappa shape index (κ3) is 3.69. The lowest BCUT2D eigenvalue weighted by Gasteiger charge is -2.35. The van der Waals surface area contributed by atoms with Gasteiger partial charge in [0.15, 0.2) is 0 Å². The number of benzene rings is 1. The van der Waals surface area contributed by atoms with E-state index in [1.54, 1.807) is 18.2 Å². The van der Waals surface area contributed by atoms with Gasteiger partial charge in [0.25, 0.3) is 0 Å². The first-order valence-electron chi connectivity index (χ1n) is 7.56. The van der Waals surface area contributed by atoms with Gasteiger partial charge in [-0.15, -0.1) is 0 Å². The normalized spacial score (nSPS) is 21.9. The van der Waals surface area contributed by atoms with E-state index in [9.17, 15) is 4.79 Å². The molecule has 0 bridgehead atoms. The van der Waals surface area contributed by atoms with E-state index < -0.39 is 0 Å². The van der Waals surface area contributed by atoms with Crippen molar-refractivity contribution in [3.8, 4) is 5.75 Å². The summed E-state index contributed by atoms with van der Waals surface area (Å²) in [5, 5.41) is 6.92. The highest BCUT2D eigenvalue weighted by Crippen LogP contribution is 2.34. The average Bonchev–Trinajstić information content (AvgIpc) is 2.50.